The fourth-order valence-electron chi connectivity index (χ4n) is 0.602. The molecule has 0 aromatic carbocycles. The zero-order chi connectivity index (χ0) is 10.5. The average Bonchev–Trinajstić information content (AvgIpc) is 2.54. The van der Waals surface area contributed by atoms with Crippen LogP contribution in [0, 0.1) is 0 Å². The third kappa shape index (κ3) is 3.85. The normalized spacial score (nSPS) is 10.6. The molecule has 0 aliphatic carbocycles. The van der Waals surface area contributed by atoms with Crippen molar-refractivity contribution in [3.63, 3.8) is 0 Å². The fourth-order valence-corrected chi connectivity index (χ4v) is 0.903. The number of hydrogen-bond donors (Lipinski definition) is 0. The Morgan fingerprint density at radius 3 is 2.08 bits per heavy atom. The minimum atomic E-state index is -4.37. The molecular weight excluding hydrogens is 249 g/mol. The van der Waals surface area contributed by atoms with Gasteiger partial charge in [0.05, 0.1) is 5.33 Å². The Morgan fingerprint density at radius 1 is 1.31 bits per heavy atom. The molecule has 0 fully saturated rings. The summed E-state index contributed by atoms with van der Waals surface area (Å²) in [5.74, 6) is -0.677. The van der Waals surface area contributed by atoms with Crippen molar-refractivity contribution < 1.29 is 17.6 Å². The van der Waals surface area contributed by atoms with Crippen LogP contribution in [0.3, 0.4) is 0 Å². The first-order valence-electron chi connectivity index (χ1n) is 3.76. The number of rotatable bonds is 1. The first-order chi connectivity index (χ1) is 6.04. The van der Waals surface area contributed by atoms with Gasteiger partial charge in [-0.05, 0) is 12.1 Å². The Hall–Kier alpha value is -0.450. The topological polar surface area (TPSA) is 13.1 Å². The van der Waals surface area contributed by atoms with E-state index in [0.29, 0.717) is 5.33 Å². The van der Waals surface area contributed by atoms with Gasteiger partial charge in [0.1, 0.15) is 5.76 Å². The van der Waals surface area contributed by atoms with Crippen LogP contribution in [0.15, 0.2) is 16.5 Å². The van der Waals surface area contributed by atoms with E-state index in [0.717, 1.165) is 6.07 Å². The summed E-state index contributed by atoms with van der Waals surface area (Å²) in [6, 6.07) is 2.20. The van der Waals surface area contributed by atoms with Crippen LogP contribution in [0.4, 0.5) is 13.2 Å². The number of alkyl halides is 4. The number of furan rings is 1. The molecule has 5 heteroatoms. The van der Waals surface area contributed by atoms with Gasteiger partial charge in [0, 0.05) is 0 Å². The van der Waals surface area contributed by atoms with Crippen molar-refractivity contribution in [1.29, 1.82) is 0 Å². The predicted octanol–water partition coefficient (Wildman–Crippen LogP) is 4.22. The second-order valence-corrected chi connectivity index (χ2v) is 2.46. The molecule has 1 aromatic rings. The molecule has 1 aromatic heterocycles. The van der Waals surface area contributed by atoms with E-state index in [9.17, 15) is 13.2 Å². The van der Waals surface area contributed by atoms with Gasteiger partial charge in [-0.25, -0.2) is 0 Å². The van der Waals surface area contributed by atoms with Gasteiger partial charge in [-0.3, -0.25) is 0 Å². The van der Waals surface area contributed by atoms with Crippen molar-refractivity contribution in [3.05, 3.63) is 23.7 Å². The first kappa shape index (κ1) is 12.6. The largest absolute Gasteiger partial charge is 0.456 e. The summed E-state index contributed by atoms with van der Waals surface area (Å²) < 4.78 is 39.9. The molecular formula is C8H10BrF3O. The Morgan fingerprint density at radius 2 is 1.85 bits per heavy atom. The zero-order valence-electron chi connectivity index (χ0n) is 7.28. The van der Waals surface area contributed by atoms with Gasteiger partial charge in [0.15, 0.2) is 0 Å². The maximum absolute atomic E-state index is 11.8. The van der Waals surface area contributed by atoms with E-state index in [2.05, 4.69) is 20.3 Å². The van der Waals surface area contributed by atoms with Gasteiger partial charge in [0.25, 0.3) is 0 Å². The van der Waals surface area contributed by atoms with Crippen LogP contribution in [0.5, 0.6) is 0 Å². The second-order valence-electron chi connectivity index (χ2n) is 1.90. The molecule has 0 amide bonds. The van der Waals surface area contributed by atoms with Crippen LogP contribution in [0.1, 0.15) is 25.4 Å². The lowest BCUT2D eigenvalue weighted by molar-refractivity contribution is -0.153. The van der Waals surface area contributed by atoms with E-state index in [4.69, 9.17) is 0 Å². The lowest BCUT2D eigenvalue weighted by atomic mass is 10.4. The Balaban J connectivity index is 0.000000671. The molecule has 76 valence electrons. The number of hydrogen-bond acceptors (Lipinski definition) is 1. The summed E-state index contributed by atoms with van der Waals surface area (Å²) in [5, 5.41) is 0.295. The van der Waals surface area contributed by atoms with E-state index in [1.807, 2.05) is 13.8 Å². The van der Waals surface area contributed by atoms with Crippen LogP contribution in [-0.4, -0.2) is 0 Å². The molecule has 13 heavy (non-hydrogen) atoms. The summed E-state index contributed by atoms with van der Waals surface area (Å²) in [7, 11) is 0. The Bertz CT molecular complexity index is 242. The maximum atomic E-state index is 11.8. The van der Waals surface area contributed by atoms with E-state index in [1.165, 1.54) is 6.07 Å². The van der Waals surface area contributed by atoms with Crippen molar-refractivity contribution in [2.24, 2.45) is 0 Å². The molecule has 0 radical (unpaired) electrons. The average molecular weight is 259 g/mol. The van der Waals surface area contributed by atoms with E-state index < -0.39 is 11.9 Å². The Kier molecular flexibility index (Phi) is 5.13. The molecule has 0 bridgehead atoms. The molecule has 0 spiro atoms. The second kappa shape index (κ2) is 5.32. The molecule has 0 aliphatic rings. The standard InChI is InChI=1S/C6H4BrF3O.C2H6/c7-3-4-1-2-5(11-4)6(8,9)10;1-2/h1-2H,3H2;1-2H3. The number of halogens is 4. The third-order valence-electron chi connectivity index (χ3n) is 1.07. The van der Waals surface area contributed by atoms with E-state index >= 15 is 0 Å². The minimum Gasteiger partial charge on any atom is -0.456 e. The molecule has 0 atom stereocenters. The molecule has 0 N–H and O–H groups in total. The monoisotopic (exact) mass is 258 g/mol. The molecule has 0 saturated heterocycles. The van der Waals surface area contributed by atoms with Gasteiger partial charge >= 0.3 is 6.18 Å². The highest BCUT2D eigenvalue weighted by Gasteiger charge is 2.34. The summed E-state index contributed by atoms with van der Waals surface area (Å²) >= 11 is 2.98. The van der Waals surface area contributed by atoms with Gasteiger partial charge in [-0.15, -0.1) is 0 Å². The van der Waals surface area contributed by atoms with Gasteiger partial charge in [-0.1, -0.05) is 29.8 Å². The summed E-state index contributed by atoms with van der Waals surface area (Å²) in [6.07, 6.45) is -4.37. The van der Waals surface area contributed by atoms with Gasteiger partial charge in [0.2, 0.25) is 5.76 Å². The fraction of sp³-hybridized carbons (Fsp3) is 0.500. The summed E-state index contributed by atoms with van der Waals surface area (Å²) in [4.78, 5) is 0. The quantitative estimate of drug-likeness (QED) is 0.688. The molecule has 1 rings (SSSR count). The first-order valence-corrected chi connectivity index (χ1v) is 4.88. The Labute approximate surface area is 83.1 Å². The van der Waals surface area contributed by atoms with Crippen molar-refractivity contribution in [1.82, 2.24) is 0 Å². The lowest BCUT2D eigenvalue weighted by Crippen LogP contribution is -2.01. The zero-order valence-corrected chi connectivity index (χ0v) is 8.87. The van der Waals surface area contributed by atoms with Crippen LogP contribution >= 0.6 is 15.9 Å². The van der Waals surface area contributed by atoms with Crippen LogP contribution < -0.4 is 0 Å². The van der Waals surface area contributed by atoms with Crippen molar-refractivity contribution in [2.45, 2.75) is 25.4 Å². The highest BCUT2D eigenvalue weighted by molar-refractivity contribution is 9.08. The molecule has 0 aliphatic heterocycles. The smallest absolute Gasteiger partial charge is 0.449 e. The highest BCUT2D eigenvalue weighted by atomic mass is 79.9. The summed E-state index contributed by atoms with van der Waals surface area (Å²) in [6.45, 7) is 4.00. The lowest BCUT2D eigenvalue weighted by Gasteiger charge is -1.99. The highest BCUT2D eigenvalue weighted by Crippen LogP contribution is 2.30. The predicted molar refractivity (Wildman–Crippen MR) is 47.7 cm³/mol. The van der Waals surface area contributed by atoms with Crippen molar-refractivity contribution >= 4 is 15.9 Å². The van der Waals surface area contributed by atoms with E-state index in [1.54, 1.807) is 0 Å². The van der Waals surface area contributed by atoms with Crippen LogP contribution in [0.25, 0.3) is 0 Å². The third-order valence-corrected chi connectivity index (χ3v) is 1.63. The summed E-state index contributed by atoms with van der Waals surface area (Å²) in [5.41, 5.74) is 0. The van der Waals surface area contributed by atoms with E-state index in [-0.39, 0.29) is 5.76 Å². The van der Waals surface area contributed by atoms with Gasteiger partial charge in [-0.2, -0.15) is 13.2 Å². The SMILES string of the molecule is CC.FC(F)(F)c1ccc(CBr)o1. The van der Waals surface area contributed by atoms with Crippen molar-refractivity contribution in [3.8, 4) is 0 Å². The van der Waals surface area contributed by atoms with Crippen LogP contribution in [0.2, 0.25) is 0 Å². The van der Waals surface area contributed by atoms with Gasteiger partial charge < -0.3 is 4.42 Å². The minimum absolute atomic E-state index is 0.275. The van der Waals surface area contributed by atoms with Crippen LogP contribution in [-0.2, 0) is 11.5 Å². The van der Waals surface area contributed by atoms with Crippen molar-refractivity contribution in [2.75, 3.05) is 0 Å². The molecule has 1 nitrogen and oxygen atoms in total. The molecule has 0 unspecified atom stereocenters. The molecule has 0 saturated carbocycles. The molecule has 1 heterocycles. The maximum Gasteiger partial charge on any atom is 0.449 e.